The second-order valence-corrected chi connectivity index (χ2v) is 10.5. The average Bonchev–Trinajstić information content (AvgIpc) is 2.82. The summed E-state index contributed by atoms with van der Waals surface area (Å²) in [7, 11) is 1.58. The van der Waals surface area contributed by atoms with Crippen molar-refractivity contribution in [3.05, 3.63) is 52.3 Å². The summed E-state index contributed by atoms with van der Waals surface area (Å²) in [4.78, 5) is 41.6. The summed E-state index contributed by atoms with van der Waals surface area (Å²) in [6, 6.07) is 10.6. The predicted octanol–water partition coefficient (Wildman–Crippen LogP) is 4.14. The van der Waals surface area contributed by atoms with E-state index in [4.69, 9.17) is 4.74 Å². The highest BCUT2D eigenvalue weighted by atomic mass is 16.5. The van der Waals surface area contributed by atoms with Gasteiger partial charge in [-0.1, -0.05) is 39.3 Å². The normalized spacial score (nSPS) is 14.5. The smallest absolute Gasteiger partial charge is 0.264 e. The van der Waals surface area contributed by atoms with Crippen molar-refractivity contribution in [2.75, 3.05) is 33.3 Å². The summed E-state index contributed by atoms with van der Waals surface area (Å²) < 4.78 is 6.75. The van der Waals surface area contributed by atoms with Crippen LogP contribution in [0.5, 0.6) is 5.75 Å². The molecule has 1 N–H and O–H groups in total. The Morgan fingerprint density at radius 2 is 1.80 bits per heavy atom. The number of pyridine rings is 1. The van der Waals surface area contributed by atoms with Gasteiger partial charge < -0.3 is 19.5 Å². The third kappa shape index (κ3) is 7.79. The van der Waals surface area contributed by atoms with Crippen molar-refractivity contribution in [3.8, 4) is 17.0 Å². The van der Waals surface area contributed by atoms with E-state index in [-0.39, 0.29) is 23.3 Å². The number of carbonyl (C=O) groups is 2. The zero-order valence-electron chi connectivity index (χ0n) is 21.6. The monoisotopic (exact) mass is 481 g/mol. The molecule has 0 bridgehead atoms. The lowest BCUT2D eigenvalue weighted by Gasteiger charge is -2.26. The van der Waals surface area contributed by atoms with Crippen LogP contribution in [0.1, 0.15) is 63.2 Å². The molecule has 1 aliphatic heterocycles. The number of rotatable bonds is 10. The van der Waals surface area contributed by atoms with Crippen LogP contribution >= 0.6 is 0 Å². The Hall–Kier alpha value is -2.93. The number of Topliss-reactive ketones (excluding diaryl/α,β-unsaturated/α-hetero) is 1. The predicted molar refractivity (Wildman–Crippen MR) is 139 cm³/mol. The Morgan fingerprint density at radius 3 is 2.49 bits per heavy atom. The molecule has 0 saturated carbocycles. The number of ketones is 1. The molecule has 0 aliphatic carbocycles. The van der Waals surface area contributed by atoms with Crippen LogP contribution in [-0.4, -0.2) is 54.4 Å². The molecule has 1 fully saturated rings. The van der Waals surface area contributed by atoms with Gasteiger partial charge in [0.2, 0.25) is 0 Å². The van der Waals surface area contributed by atoms with E-state index < -0.39 is 11.5 Å². The zero-order valence-corrected chi connectivity index (χ0v) is 21.6. The largest absolute Gasteiger partial charge is 0.497 e. The van der Waals surface area contributed by atoms with Crippen molar-refractivity contribution in [2.24, 2.45) is 5.41 Å². The molecular formula is C28H39N3O4. The quantitative estimate of drug-likeness (QED) is 0.516. The Balaban J connectivity index is 1.81. The van der Waals surface area contributed by atoms with Crippen LogP contribution < -0.4 is 15.6 Å². The van der Waals surface area contributed by atoms with E-state index in [1.807, 2.05) is 45.0 Å². The number of piperidine rings is 1. The Kier molecular flexibility index (Phi) is 9.26. The first-order valence-corrected chi connectivity index (χ1v) is 12.6. The molecule has 0 atom stereocenters. The van der Waals surface area contributed by atoms with Gasteiger partial charge >= 0.3 is 0 Å². The van der Waals surface area contributed by atoms with Crippen molar-refractivity contribution >= 4 is 11.7 Å². The Bertz CT molecular complexity index is 1080. The van der Waals surface area contributed by atoms with E-state index in [1.54, 1.807) is 19.2 Å². The van der Waals surface area contributed by atoms with Gasteiger partial charge in [0.15, 0.2) is 5.78 Å². The molecular weight excluding hydrogens is 442 g/mol. The first kappa shape index (κ1) is 26.7. The van der Waals surface area contributed by atoms with Crippen LogP contribution in [0.15, 0.2) is 41.2 Å². The number of nitrogens with one attached hydrogen (secondary N) is 1. The molecule has 0 radical (unpaired) electrons. The SMILES string of the molecule is COc1cccc(-c2ccc(C(=O)NCCCN3CCCCC3)c(=O)n2CC(=O)CC(C)(C)C)c1. The van der Waals surface area contributed by atoms with Crippen LogP contribution in [0.2, 0.25) is 0 Å². The number of methoxy groups -OCH3 is 1. The number of benzene rings is 1. The summed E-state index contributed by atoms with van der Waals surface area (Å²) >= 11 is 0. The molecule has 2 aromatic rings. The van der Waals surface area contributed by atoms with E-state index in [0.29, 0.717) is 24.4 Å². The van der Waals surface area contributed by atoms with Gasteiger partial charge in [-0.15, -0.1) is 0 Å². The van der Waals surface area contributed by atoms with Gasteiger partial charge in [0.1, 0.15) is 11.3 Å². The molecule has 1 aromatic heterocycles. The average molecular weight is 482 g/mol. The highest BCUT2D eigenvalue weighted by molar-refractivity contribution is 5.94. The van der Waals surface area contributed by atoms with E-state index in [2.05, 4.69) is 10.2 Å². The van der Waals surface area contributed by atoms with Gasteiger partial charge in [0.05, 0.1) is 19.3 Å². The number of carbonyl (C=O) groups excluding carboxylic acids is 2. The molecule has 35 heavy (non-hydrogen) atoms. The molecule has 1 aliphatic rings. The lowest BCUT2D eigenvalue weighted by atomic mass is 9.90. The van der Waals surface area contributed by atoms with Crippen molar-refractivity contribution in [2.45, 2.75) is 59.4 Å². The highest BCUT2D eigenvalue weighted by Crippen LogP contribution is 2.24. The van der Waals surface area contributed by atoms with Gasteiger partial charge in [-0.05, 0) is 68.6 Å². The second kappa shape index (κ2) is 12.2. The summed E-state index contributed by atoms with van der Waals surface area (Å²) in [6.45, 7) is 9.58. The van der Waals surface area contributed by atoms with E-state index in [0.717, 1.165) is 31.6 Å². The molecule has 2 heterocycles. The number of nitrogens with zero attached hydrogens (tertiary/aromatic N) is 2. The molecule has 7 nitrogen and oxygen atoms in total. The lowest BCUT2D eigenvalue weighted by molar-refractivity contribution is -0.121. The third-order valence-electron chi connectivity index (χ3n) is 6.23. The van der Waals surface area contributed by atoms with Crippen LogP contribution in [0.3, 0.4) is 0 Å². The second-order valence-electron chi connectivity index (χ2n) is 10.5. The van der Waals surface area contributed by atoms with Gasteiger partial charge in [0.25, 0.3) is 11.5 Å². The van der Waals surface area contributed by atoms with Crippen LogP contribution in [0.25, 0.3) is 11.3 Å². The minimum atomic E-state index is -0.457. The molecule has 7 heteroatoms. The fraction of sp³-hybridized carbons (Fsp3) is 0.536. The third-order valence-corrected chi connectivity index (χ3v) is 6.23. The van der Waals surface area contributed by atoms with Crippen LogP contribution in [0, 0.1) is 5.41 Å². The van der Waals surface area contributed by atoms with E-state index in [1.165, 1.54) is 23.8 Å². The number of aromatic nitrogens is 1. The minimum Gasteiger partial charge on any atom is -0.497 e. The summed E-state index contributed by atoms with van der Waals surface area (Å²) in [5.41, 5.74) is 0.732. The zero-order chi connectivity index (χ0) is 25.4. The Labute approximate surface area is 208 Å². The Morgan fingerprint density at radius 1 is 1.06 bits per heavy atom. The van der Waals surface area contributed by atoms with E-state index >= 15 is 0 Å². The topological polar surface area (TPSA) is 80.6 Å². The molecule has 0 unspecified atom stereocenters. The van der Waals surface area contributed by atoms with Crippen LogP contribution in [-0.2, 0) is 11.3 Å². The number of ether oxygens (including phenoxy) is 1. The molecule has 1 amide bonds. The maximum Gasteiger partial charge on any atom is 0.264 e. The minimum absolute atomic E-state index is 0.0529. The van der Waals surface area contributed by atoms with Gasteiger partial charge in [-0.25, -0.2) is 0 Å². The highest BCUT2D eigenvalue weighted by Gasteiger charge is 2.21. The first-order valence-electron chi connectivity index (χ1n) is 12.6. The molecule has 190 valence electrons. The molecule has 3 rings (SSSR count). The number of amides is 1. The summed E-state index contributed by atoms with van der Waals surface area (Å²) in [5.74, 6) is 0.198. The van der Waals surface area contributed by atoms with Crippen molar-refractivity contribution < 1.29 is 14.3 Å². The molecule has 1 aromatic carbocycles. The fourth-order valence-electron chi connectivity index (χ4n) is 4.55. The maximum absolute atomic E-state index is 13.5. The summed E-state index contributed by atoms with van der Waals surface area (Å²) in [6.07, 6.45) is 4.94. The maximum atomic E-state index is 13.5. The lowest BCUT2D eigenvalue weighted by Crippen LogP contribution is -2.37. The van der Waals surface area contributed by atoms with Crippen molar-refractivity contribution in [1.29, 1.82) is 0 Å². The van der Waals surface area contributed by atoms with Gasteiger partial charge in [-0.3, -0.25) is 14.4 Å². The van der Waals surface area contributed by atoms with E-state index in [9.17, 15) is 14.4 Å². The summed E-state index contributed by atoms with van der Waals surface area (Å²) in [5, 5.41) is 2.89. The van der Waals surface area contributed by atoms with Gasteiger partial charge in [0, 0.05) is 18.5 Å². The standard InChI is InChI=1S/C28H39N3O4/c1-28(2,3)19-22(32)20-31-25(21-10-8-11-23(18-21)35-4)13-12-24(27(31)34)26(33)29-14-9-17-30-15-6-5-7-16-30/h8,10-13,18H,5-7,9,14-17,19-20H2,1-4H3,(H,29,33). The van der Waals surface area contributed by atoms with Gasteiger partial charge in [-0.2, -0.15) is 0 Å². The van der Waals surface area contributed by atoms with Crippen molar-refractivity contribution in [3.63, 3.8) is 0 Å². The number of hydrogen-bond acceptors (Lipinski definition) is 5. The van der Waals surface area contributed by atoms with Crippen LogP contribution in [0.4, 0.5) is 0 Å². The number of likely N-dealkylation sites (tertiary alicyclic amines) is 1. The van der Waals surface area contributed by atoms with Crippen molar-refractivity contribution in [1.82, 2.24) is 14.8 Å². The molecule has 1 saturated heterocycles. The fourth-order valence-corrected chi connectivity index (χ4v) is 4.55. The molecule has 0 spiro atoms. The number of hydrogen-bond donors (Lipinski definition) is 1. The first-order chi connectivity index (χ1) is 16.7.